The number of piperidine rings is 1. The SMILES string of the molecule is C1CNC2C(C1)C1CCCC3CC4CCCC2C4C31. The van der Waals surface area contributed by atoms with Gasteiger partial charge in [-0.2, -0.15) is 0 Å². The summed E-state index contributed by atoms with van der Waals surface area (Å²) in [5, 5.41) is 3.99. The van der Waals surface area contributed by atoms with Gasteiger partial charge >= 0.3 is 0 Å². The lowest BCUT2D eigenvalue weighted by Gasteiger charge is -2.57. The lowest BCUT2D eigenvalue weighted by molar-refractivity contribution is -0.0589. The van der Waals surface area contributed by atoms with Crippen LogP contribution in [0.3, 0.4) is 0 Å². The Morgan fingerprint density at radius 2 is 1.32 bits per heavy atom. The minimum absolute atomic E-state index is 0.930. The molecule has 1 aliphatic heterocycles. The molecule has 8 atom stereocenters. The van der Waals surface area contributed by atoms with Crippen molar-refractivity contribution in [3.8, 4) is 0 Å². The van der Waals surface area contributed by atoms with Crippen molar-refractivity contribution in [1.29, 1.82) is 0 Å². The minimum atomic E-state index is 0.930. The van der Waals surface area contributed by atoms with E-state index in [9.17, 15) is 0 Å². The Morgan fingerprint density at radius 3 is 2.16 bits per heavy atom. The predicted octanol–water partition coefficient (Wildman–Crippen LogP) is 3.84. The molecule has 0 aromatic heterocycles. The van der Waals surface area contributed by atoms with Crippen molar-refractivity contribution < 1.29 is 0 Å². The van der Waals surface area contributed by atoms with E-state index in [0.29, 0.717) is 0 Å². The highest BCUT2D eigenvalue weighted by Crippen LogP contribution is 2.64. The van der Waals surface area contributed by atoms with Crippen molar-refractivity contribution in [2.45, 2.75) is 63.8 Å². The maximum atomic E-state index is 3.99. The molecule has 106 valence electrons. The van der Waals surface area contributed by atoms with Crippen LogP contribution in [0.15, 0.2) is 0 Å². The van der Waals surface area contributed by atoms with E-state index in [1.165, 1.54) is 18.9 Å². The summed E-state index contributed by atoms with van der Waals surface area (Å²) in [4.78, 5) is 0. The van der Waals surface area contributed by atoms with E-state index in [2.05, 4.69) is 5.32 Å². The van der Waals surface area contributed by atoms with Gasteiger partial charge in [-0.3, -0.25) is 0 Å². The van der Waals surface area contributed by atoms with Gasteiger partial charge in [0.1, 0.15) is 0 Å². The Hall–Kier alpha value is -0.0400. The molecule has 1 heterocycles. The summed E-state index contributed by atoms with van der Waals surface area (Å²) in [6.45, 7) is 1.32. The van der Waals surface area contributed by atoms with Gasteiger partial charge in [0, 0.05) is 6.04 Å². The average molecular weight is 259 g/mol. The first-order valence-corrected chi connectivity index (χ1v) is 9.17. The van der Waals surface area contributed by atoms with Crippen LogP contribution < -0.4 is 5.32 Å². The third-order valence-corrected chi connectivity index (χ3v) is 7.92. The molecule has 19 heavy (non-hydrogen) atoms. The average Bonchev–Trinajstić information content (AvgIpc) is 2.86. The topological polar surface area (TPSA) is 12.0 Å². The summed E-state index contributed by atoms with van der Waals surface area (Å²) >= 11 is 0. The van der Waals surface area contributed by atoms with Gasteiger partial charge in [0.05, 0.1) is 0 Å². The first kappa shape index (κ1) is 11.6. The monoisotopic (exact) mass is 259 g/mol. The molecule has 0 bridgehead atoms. The zero-order valence-electron chi connectivity index (χ0n) is 12.2. The quantitative estimate of drug-likeness (QED) is 0.697. The highest BCUT2D eigenvalue weighted by Gasteiger charge is 2.59. The van der Waals surface area contributed by atoms with Crippen molar-refractivity contribution in [3.63, 3.8) is 0 Å². The number of rotatable bonds is 0. The van der Waals surface area contributed by atoms with Crippen LogP contribution in [0, 0.1) is 41.4 Å². The van der Waals surface area contributed by atoms with Crippen molar-refractivity contribution in [2.24, 2.45) is 41.4 Å². The molecule has 0 aromatic rings. The largest absolute Gasteiger partial charge is 0.313 e. The Bertz CT molecular complexity index is 331. The first-order chi connectivity index (χ1) is 9.43. The van der Waals surface area contributed by atoms with E-state index in [1.54, 1.807) is 51.4 Å². The highest BCUT2D eigenvalue weighted by atomic mass is 15.0. The number of fused-ring (bicyclic) bond motifs is 3. The van der Waals surface area contributed by atoms with Gasteiger partial charge in [0.15, 0.2) is 0 Å². The number of nitrogens with one attached hydrogen (secondary N) is 1. The fourth-order valence-electron chi connectivity index (χ4n) is 7.64. The molecule has 4 saturated carbocycles. The molecule has 4 aliphatic carbocycles. The van der Waals surface area contributed by atoms with Gasteiger partial charge in [-0.15, -0.1) is 0 Å². The Morgan fingerprint density at radius 1 is 0.632 bits per heavy atom. The molecule has 1 heteroatoms. The summed E-state index contributed by atoms with van der Waals surface area (Å²) in [6, 6.07) is 0.930. The lowest BCUT2D eigenvalue weighted by Crippen LogP contribution is -2.59. The van der Waals surface area contributed by atoms with E-state index < -0.39 is 0 Å². The molecule has 5 aliphatic rings. The summed E-state index contributed by atoms with van der Waals surface area (Å²) in [7, 11) is 0. The summed E-state index contributed by atoms with van der Waals surface area (Å²) in [6.07, 6.45) is 14.0. The van der Waals surface area contributed by atoms with Crippen LogP contribution in [0.5, 0.6) is 0 Å². The van der Waals surface area contributed by atoms with Crippen molar-refractivity contribution >= 4 is 0 Å². The van der Waals surface area contributed by atoms with E-state index in [-0.39, 0.29) is 0 Å². The Labute approximate surface area is 117 Å². The standard InChI is InChI=1S/C18H29N/c1-4-11-10-12-5-2-7-15-17(12)16(11)13(6-1)14-8-3-9-19-18(14)15/h11-19H,1-10H2. The van der Waals surface area contributed by atoms with Crippen LogP contribution in [0.4, 0.5) is 0 Å². The molecule has 5 fully saturated rings. The highest BCUT2D eigenvalue weighted by molar-refractivity contribution is 5.10. The normalized spacial score (nSPS) is 59.4. The number of hydrogen-bond donors (Lipinski definition) is 1. The second kappa shape index (κ2) is 4.23. The smallest absolute Gasteiger partial charge is 0.0129 e. The van der Waals surface area contributed by atoms with E-state index in [1.807, 2.05) is 0 Å². The molecule has 0 aromatic carbocycles. The second-order valence-electron chi connectivity index (χ2n) is 8.39. The van der Waals surface area contributed by atoms with Crippen LogP contribution in [-0.4, -0.2) is 12.6 Å². The summed E-state index contributed by atoms with van der Waals surface area (Å²) < 4.78 is 0. The van der Waals surface area contributed by atoms with Gasteiger partial charge in [0.25, 0.3) is 0 Å². The Kier molecular flexibility index (Phi) is 2.58. The van der Waals surface area contributed by atoms with Gasteiger partial charge in [0.2, 0.25) is 0 Å². The molecule has 8 unspecified atom stereocenters. The van der Waals surface area contributed by atoms with Crippen LogP contribution in [0.25, 0.3) is 0 Å². The molecular weight excluding hydrogens is 230 g/mol. The molecule has 5 rings (SSSR count). The summed E-state index contributed by atoms with van der Waals surface area (Å²) in [5.41, 5.74) is 0. The third kappa shape index (κ3) is 1.51. The van der Waals surface area contributed by atoms with Gasteiger partial charge in [-0.1, -0.05) is 25.7 Å². The zero-order chi connectivity index (χ0) is 12.4. The van der Waals surface area contributed by atoms with Crippen molar-refractivity contribution in [2.75, 3.05) is 6.54 Å². The zero-order valence-corrected chi connectivity index (χ0v) is 12.2. The molecule has 0 spiro atoms. The summed E-state index contributed by atoms with van der Waals surface area (Å²) in [5.74, 6) is 7.88. The molecule has 0 radical (unpaired) electrons. The predicted molar refractivity (Wildman–Crippen MR) is 77.8 cm³/mol. The molecule has 1 saturated heterocycles. The second-order valence-corrected chi connectivity index (χ2v) is 8.39. The van der Waals surface area contributed by atoms with E-state index in [4.69, 9.17) is 0 Å². The van der Waals surface area contributed by atoms with Crippen molar-refractivity contribution in [3.05, 3.63) is 0 Å². The van der Waals surface area contributed by atoms with Crippen LogP contribution in [0.1, 0.15) is 57.8 Å². The van der Waals surface area contributed by atoms with Crippen LogP contribution in [-0.2, 0) is 0 Å². The van der Waals surface area contributed by atoms with Crippen LogP contribution >= 0.6 is 0 Å². The lowest BCUT2D eigenvalue weighted by atomic mass is 9.51. The van der Waals surface area contributed by atoms with Gasteiger partial charge < -0.3 is 5.32 Å². The van der Waals surface area contributed by atoms with Crippen molar-refractivity contribution in [1.82, 2.24) is 5.32 Å². The third-order valence-electron chi connectivity index (χ3n) is 7.92. The maximum Gasteiger partial charge on any atom is 0.0129 e. The molecular formula is C18H29N. The van der Waals surface area contributed by atoms with E-state index >= 15 is 0 Å². The van der Waals surface area contributed by atoms with Crippen LogP contribution in [0.2, 0.25) is 0 Å². The van der Waals surface area contributed by atoms with E-state index in [0.717, 1.165) is 41.5 Å². The molecule has 1 nitrogen and oxygen atoms in total. The fraction of sp³-hybridized carbons (Fsp3) is 1.00. The number of hydrogen-bond acceptors (Lipinski definition) is 1. The van der Waals surface area contributed by atoms with Gasteiger partial charge in [-0.25, -0.2) is 0 Å². The fourth-order valence-corrected chi connectivity index (χ4v) is 7.64. The first-order valence-electron chi connectivity index (χ1n) is 9.17. The Balaban J connectivity index is 1.56. The minimum Gasteiger partial charge on any atom is -0.313 e. The molecule has 1 N–H and O–H groups in total. The maximum absolute atomic E-state index is 3.99. The molecule has 0 amide bonds. The van der Waals surface area contributed by atoms with Gasteiger partial charge in [-0.05, 0) is 80.1 Å².